The molecule has 1 amide bonds. The summed E-state index contributed by atoms with van der Waals surface area (Å²) in [5.41, 5.74) is 0.469. The Hall–Kier alpha value is -2.75. The summed E-state index contributed by atoms with van der Waals surface area (Å²) >= 11 is 1.70. The summed E-state index contributed by atoms with van der Waals surface area (Å²) < 4.78 is 5.06. The summed E-state index contributed by atoms with van der Waals surface area (Å²) in [4.78, 5) is 27.1. The van der Waals surface area contributed by atoms with Gasteiger partial charge in [0.2, 0.25) is 0 Å². The second-order valence-electron chi connectivity index (χ2n) is 6.31. The minimum absolute atomic E-state index is 0.0782. The number of hydrogen-bond donors (Lipinski definition) is 2. The highest BCUT2D eigenvalue weighted by Crippen LogP contribution is 2.25. The normalized spacial score (nSPS) is 10.3. The molecule has 0 saturated carbocycles. The van der Waals surface area contributed by atoms with Crippen LogP contribution in [0, 0.1) is 5.21 Å². The number of nitrogens with one attached hydrogen (secondary N) is 1. The number of esters is 1. The van der Waals surface area contributed by atoms with Crippen molar-refractivity contribution in [2.45, 2.75) is 11.3 Å². The molecule has 29 heavy (non-hydrogen) atoms. The van der Waals surface area contributed by atoms with Gasteiger partial charge in [-0.1, -0.05) is 18.2 Å². The maximum atomic E-state index is 12.3. The number of carbonyl (C=O) groups is 2. The van der Waals surface area contributed by atoms with Gasteiger partial charge in [0.05, 0.1) is 16.9 Å². The molecule has 156 valence electrons. The largest absolute Gasteiger partial charge is 0.733 e. The Labute approximate surface area is 174 Å². The first-order chi connectivity index (χ1) is 13.9. The Kier molecular flexibility index (Phi) is 8.78. The molecule has 0 saturated heterocycles. The van der Waals surface area contributed by atoms with Gasteiger partial charge in [-0.2, -0.15) is 0 Å². The van der Waals surface area contributed by atoms with Crippen LogP contribution >= 0.6 is 11.8 Å². The molecule has 0 atom stereocenters. The second kappa shape index (κ2) is 11.3. The average Bonchev–Trinajstić information content (AvgIpc) is 2.71. The van der Waals surface area contributed by atoms with Crippen molar-refractivity contribution >= 4 is 35.0 Å². The highest BCUT2D eigenvalue weighted by atomic mass is 32.2. The van der Waals surface area contributed by atoms with Gasteiger partial charge < -0.3 is 25.4 Å². The van der Waals surface area contributed by atoms with Crippen molar-refractivity contribution in [3.8, 4) is 0 Å². The third-order valence-electron chi connectivity index (χ3n) is 3.89. The van der Waals surface area contributed by atoms with Crippen molar-refractivity contribution in [2.24, 2.45) is 0 Å². The van der Waals surface area contributed by atoms with E-state index in [1.807, 2.05) is 30.3 Å². The molecule has 8 nitrogen and oxygen atoms in total. The van der Waals surface area contributed by atoms with Crippen LogP contribution in [0.4, 0.5) is 11.4 Å². The quantitative estimate of drug-likeness (QED) is 0.263. The lowest BCUT2D eigenvalue weighted by Gasteiger charge is -2.24. The van der Waals surface area contributed by atoms with E-state index in [9.17, 15) is 14.8 Å². The zero-order valence-electron chi connectivity index (χ0n) is 16.3. The summed E-state index contributed by atoms with van der Waals surface area (Å²) in [6, 6.07) is 14.1. The molecule has 2 aromatic carbocycles. The molecule has 2 N–H and O–H groups in total. The lowest BCUT2D eigenvalue weighted by atomic mass is 10.1. The lowest BCUT2D eigenvalue weighted by molar-refractivity contribution is -0.124. The molecule has 0 fully saturated rings. The number of benzene rings is 2. The zero-order chi connectivity index (χ0) is 21.2. The average molecular weight is 418 g/mol. The smallest absolute Gasteiger partial charge is 0.340 e. The van der Waals surface area contributed by atoms with Crippen LogP contribution in [-0.2, 0) is 9.53 Å². The maximum absolute atomic E-state index is 12.3. The van der Waals surface area contributed by atoms with Crippen molar-refractivity contribution in [1.82, 2.24) is 5.32 Å². The van der Waals surface area contributed by atoms with E-state index in [-0.39, 0.29) is 16.5 Å². The van der Waals surface area contributed by atoms with Crippen LogP contribution in [0.3, 0.4) is 0 Å². The van der Waals surface area contributed by atoms with E-state index >= 15 is 0 Å². The summed E-state index contributed by atoms with van der Waals surface area (Å²) in [5, 5.41) is 22.5. The molecule has 0 heterocycles. The first-order valence-corrected chi connectivity index (χ1v) is 9.96. The Bertz CT molecular complexity index is 815. The van der Waals surface area contributed by atoms with E-state index in [4.69, 9.17) is 9.94 Å². The van der Waals surface area contributed by atoms with Crippen LogP contribution in [0.5, 0.6) is 0 Å². The van der Waals surface area contributed by atoms with Gasteiger partial charge in [-0.3, -0.25) is 10.0 Å². The van der Waals surface area contributed by atoms with E-state index in [1.165, 1.54) is 23.1 Å². The van der Waals surface area contributed by atoms with E-state index in [1.54, 1.807) is 30.8 Å². The SMILES string of the molecule is CN(C)c1ccc(N([O-])O)cc1C(=O)OCC(=O)NCCCSc1ccccc1. The highest BCUT2D eigenvalue weighted by molar-refractivity contribution is 7.99. The van der Waals surface area contributed by atoms with Crippen molar-refractivity contribution in [2.75, 3.05) is 43.1 Å². The fourth-order valence-corrected chi connectivity index (χ4v) is 3.34. The van der Waals surface area contributed by atoms with Gasteiger partial charge in [0.25, 0.3) is 5.91 Å². The third-order valence-corrected chi connectivity index (χ3v) is 4.99. The summed E-state index contributed by atoms with van der Waals surface area (Å²) in [7, 11) is 3.44. The van der Waals surface area contributed by atoms with Gasteiger partial charge in [0.1, 0.15) is 0 Å². The van der Waals surface area contributed by atoms with E-state index < -0.39 is 18.5 Å². The van der Waals surface area contributed by atoms with E-state index in [0.29, 0.717) is 12.2 Å². The standard InChI is InChI=1S/C20H24N3O5S/c1-22(2)18-10-9-15(23(26)27)13-17(18)20(25)28-14-19(24)21-11-6-12-29-16-7-4-3-5-8-16/h3-5,7-10,13,26H,6,11-12,14H2,1-2H3,(H,21,24)/q-1. The molecular weight excluding hydrogens is 394 g/mol. The van der Waals surface area contributed by atoms with Gasteiger partial charge in [-0.25, -0.2) is 4.79 Å². The molecule has 0 aliphatic rings. The third kappa shape index (κ3) is 7.30. The van der Waals surface area contributed by atoms with Gasteiger partial charge in [0.15, 0.2) is 6.61 Å². The minimum atomic E-state index is -0.757. The topological polar surface area (TPSA) is 105 Å². The molecule has 0 spiro atoms. The number of nitrogens with zero attached hydrogens (tertiary/aromatic N) is 2. The fourth-order valence-electron chi connectivity index (χ4n) is 2.46. The lowest BCUT2D eigenvalue weighted by Crippen LogP contribution is -2.30. The Morgan fingerprint density at radius 1 is 1.17 bits per heavy atom. The van der Waals surface area contributed by atoms with Crippen molar-refractivity contribution in [3.05, 3.63) is 59.3 Å². The molecule has 0 radical (unpaired) electrons. The molecule has 2 aromatic rings. The fraction of sp³-hybridized carbons (Fsp3) is 0.300. The minimum Gasteiger partial charge on any atom is -0.733 e. The Balaban J connectivity index is 1.78. The second-order valence-corrected chi connectivity index (χ2v) is 7.48. The maximum Gasteiger partial charge on any atom is 0.340 e. The van der Waals surface area contributed by atoms with Crippen LogP contribution in [-0.4, -0.2) is 50.1 Å². The monoisotopic (exact) mass is 418 g/mol. The number of anilines is 2. The molecule has 0 aliphatic heterocycles. The molecule has 9 heteroatoms. The van der Waals surface area contributed by atoms with Gasteiger partial charge in [-0.05, 0) is 42.5 Å². The molecule has 2 rings (SSSR count). The van der Waals surface area contributed by atoms with Gasteiger partial charge in [0, 0.05) is 25.5 Å². The number of thioether (sulfide) groups is 1. The number of amides is 1. The van der Waals surface area contributed by atoms with Crippen LogP contribution in [0.25, 0.3) is 0 Å². The molecular formula is C20H24N3O5S-. The van der Waals surface area contributed by atoms with Crippen LogP contribution in [0.15, 0.2) is 53.4 Å². The summed E-state index contributed by atoms with van der Waals surface area (Å²) in [6.07, 6.45) is 0.780. The first-order valence-electron chi connectivity index (χ1n) is 8.97. The Morgan fingerprint density at radius 3 is 2.55 bits per heavy atom. The molecule has 0 bridgehead atoms. The zero-order valence-corrected chi connectivity index (χ0v) is 17.1. The van der Waals surface area contributed by atoms with Gasteiger partial charge >= 0.3 is 5.97 Å². The molecule has 0 aliphatic carbocycles. The highest BCUT2D eigenvalue weighted by Gasteiger charge is 2.17. The number of ether oxygens (including phenoxy) is 1. The molecule has 0 unspecified atom stereocenters. The van der Waals surface area contributed by atoms with Crippen molar-refractivity contribution < 1.29 is 19.5 Å². The Morgan fingerprint density at radius 2 is 1.90 bits per heavy atom. The predicted octanol–water partition coefficient (Wildman–Crippen LogP) is 2.90. The summed E-state index contributed by atoms with van der Waals surface area (Å²) in [6.45, 7) is 0.0479. The number of carbonyl (C=O) groups excluding carboxylic acids is 2. The van der Waals surface area contributed by atoms with Crippen LogP contribution < -0.4 is 15.4 Å². The molecule has 0 aromatic heterocycles. The van der Waals surface area contributed by atoms with Crippen molar-refractivity contribution in [3.63, 3.8) is 0 Å². The van der Waals surface area contributed by atoms with Crippen LogP contribution in [0.2, 0.25) is 0 Å². The van der Waals surface area contributed by atoms with Gasteiger partial charge in [-0.15, -0.1) is 11.8 Å². The number of rotatable bonds is 10. The van der Waals surface area contributed by atoms with Crippen molar-refractivity contribution in [1.29, 1.82) is 0 Å². The van der Waals surface area contributed by atoms with E-state index in [0.717, 1.165) is 12.2 Å². The first kappa shape index (κ1) is 22.5. The predicted molar refractivity (Wildman–Crippen MR) is 113 cm³/mol. The number of hydrogen-bond acceptors (Lipinski definition) is 8. The summed E-state index contributed by atoms with van der Waals surface area (Å²) in [5.74, 6) is -0.305. The van der Waals surface area contributed by atoms with Crippen LogP contribution in [0.1, 0.15) is 16.8 Å². The van der Waals surface area contributed by atoms with E-state index in [2.05, 4.69) is 5.32 Å².